The summed E-state index contributed by atoms with van der Waals surface area (Å²) in [5, 5.41) is 10.3. The number of imidazole rings is 1. The zero-order chi connectivity index (χ0) is 17.9. The second kappa shape index (κ2) is 8.16. The van der Waals surface area contributed by atoms with Crippen molar-refractivity contribution in [2.24, 2.45) is 7.05 Å². The molecule has 6 heteroatoms. The molecule has 5 rings (SSSR count). The van der Waals surface area contributed by atoms with Crippen LogP contribution in [0.15, 0.2) is 77.6 Å². The first kappa shape index (κ1) is 18.8. The molecule has 3 heterocycles. The average Bonchev–Trinajstić information content (AvgIpc) is 3.27. The molecule has 2 aromatic carbocycles. The second-order valence-corrected chi connectivity index (χ2v) is 5.73. The molecule has 0 saturated heterocycles. The predicted molar refractivity (Wildman–Crippen MR) is 97.8 cm³/mol. The number of phenolic OH excluding ortho intramolecular Hbond substituents is 1. The van der Waals surface area contributed by atoms with E-state index < -0.39 is 0 Å². The first-order valence-corrected chi connectivity index (χ1v) is 8.11. The molecule has 0 atom stereocenters. The fourth-order valence-corrected chi connectivity index (χ4v) is 2.69. The predicted octanol–water partition coefficient (Wildman–Crippen LogP) is 3.59. The molecule has 3 aromatic heterocycles. The first-order valence-electron chi connectivity index (χ1n) is 8.11. The molecule has 1 N–H and O–H groups in total. The number of furan rings is 1. The molecular formula is C21H16IrN3O2-. The van der Waals surface area contributed by atoms with Gasteiger partial charge in [-0.2, -0.15) is 30.3 Å². The fourth-order valence-electron chi connectivity index (χ4n) is 2.69. The Bertz CT molecular complexity index is 1170. The van der Waals surface area contributed by atoms with Gasteiger partial charge in [-0.05, 0) is 24.3 Å². The normalized spacial score (nSPS) is 10.3. The van der Waals surface area contributed by atoms with Gasteiger partial charge in [0.1, 0.15) is 16.8 Å². The Hall–Kier alpha value is -2.95. The maximum absolute atomic E-state index is 9.66. The number of aryl methyl sites for hydroxylation is 1. The Kier molecular flexibility index (Phi) is 5.69. The number of benzene rings is 2. The Morgan fingerprint density at radius 1 is 1.07 bits per heavy atom. The summed E-state index contributed by atoms with van der Waals surface area (Å²) in [7, 11) is 1.94. The number of aromatic hydroxyl groups is 1. The number of rotatable bonds is 1. The van der Waals surface area contributed by atoms with Crippen molar-refractivity contribution in [1.82, 2.24) is 9.55 Å². The summed E-state index contributed by atoms with van der Waals surface area (Å²) < 4.78 is 9.29. The number of nitrogens with zero attached hydrogens (tertiary/aromatic N) is 3. The summed E-state index contributed by atoms with van der Waals surface area (Å²) >= 11 is 0. The second-order valence-electron chi connectivity index (χ2n) is 5.73. The van der Waals surface area contributed by atoms with Gasteiger partial charge in [-0.25, -0.2) is 0 Å². The summed E-state index contributed by atoms with van der Waals surface area (Å²) in [6.07, 6.45) is 8.67. The average molecular weight is 535 g/mol. The van der Waals surface area contributed by atoms with Crippen LogP contribution in [0, 0.1) is 12.4 Å². The van der Waals surface area contributed by atoms with Crippen LogP contribution in [0.5, 0.6) is 5.75 Å². The third-order valence-electron chi connectivity index (χ3n) is 3.89. The molecule has 5 nitrogen and oxygen atoms in total. The van der Waals surface area contributed by atoms with Gasteiger partial charge in [0.25, 0.3) is 0 Å². The monoisotopic (exact) mass is 535 g/mol. The van der Waals surface area contributed by atoms with Gasteiger partial charge in [0, 0.05) is 38.7 Å². The first-order chi connectivity index (χ1) is 12.7. The molecule has 27 heavy (non-hydrogen) atoms. The van der Waals surface area contributed by atoms with E-state index in [0.717, 1.165) is 5.69 Å². The maximum atomic E-state index is 9.66. The summed E-state index contributed by atoms with van der Waals surface area (Å²) in [5.74, 6) is 0.208. The van der Waals surface area contributed by atoms with Crippen molar-refractivity contribution in [2.45, 2.75) is 0 Å². The molecular weight excluding hydrogens is 518 g/mol. The number of fused-ring (bicyclic) bond motifs is 3. The molecule has 0 unspecified atom stereocenters. The van der Waals surface area contributed by atoms with Gasteiger partial charge in [0.2, 0.25) is 6.33 Å². The fraction of sp³-hybridized carbons (Fsp3) is 0.0476. The quantitative estimate of drug-likeness (QED) is 0.264. The summed E-state index contributed by atoms with van der Waals surface area (Å²) in [5.41, 5.74) is 3.08. The van der Waals surface area contributed by atoms with E-state index in [4.69, 9.17) is 4.42 Å². The van der Waals surface area contributed by atoms with Crippen LogP contribution in [0.4, 0.5) is 0 Å². The van der Waals surface area contributed by atoms with Crippen molar-refractivity contribution in [3.05, 3.63) is 85.6 Å². The molecule has 0 fully saturated rings. The van der Waals surface area contributed by atoms with E-state index >= 15 is 0 Å². The molecule has 1 radical (unpaired) electrons. The van der Waals surface area contributed by atoms with E-state index in [1.54, 1.807) is 18.3 Å². The van der Waals surface area contributed by atoms with E-state index in [0.29, 0.717) is 22.1 Å². The van der Waals surface area contributed by atoms with E-state index in [1.165, 1.54) is 0 Å². The zero-order valence-electron chi connectivity index (χ0n) is 14.5. The number of pyridine rings is 1. The van der Waals surface area contributed by atoms with Crippen molar-refractivity contribution in [3.63, 3.8) is 0 Å². The van der Waals surface area contributed by atoms with E-state index in [2.05, 4.69) is 17.4 Å². The minimum Gasteiger partial charge on any atom is -0.507 e. The third kappa shape index (κ3) is 3.92. The minimum absolute atomic E-state index is 0. The van der Waals surface area contributed by atoms with Crippen LogP contribution in [0.1, 0.15) is 0 Å². The molecule has 0 spiro atoms. The maximum Gasteiger partial charge on any atom is 0.241 e. The SMILES string of the molecule is C[n+]1[c-]n(-c2[c-]cccc2)cc1.Oc1cccc2oc3cccnc3c12.[Ir]. The number of para-hydroxylation sites is 1. The molecule has 0 aliphatic carbocycles. The largest absolute Gasteiger partial charge is 0.507 e. The van der Waals surface area contributed by atoms with Crippen molar-refractivity contribution < 1.29 is 34.2 Å². The standard InChI is InChI=1S/C11H7NO2.C10H9N2.Ir/c13-7-3-1-4-8-10(7)11-9(14-8)5-2-6-12-11;1-11-7-8-12(9-11)10-5-3-2-4-6-10;/h1-6,13H;2-5,7-8H,1H3;/q;-1;. The molecule has 0 aliphatic heterocycles. The van der Waals surface area contributed by atoms with E-state index in [9.17, 15) is 5.11 Å². The molecule has 0 aliphatic rings. The summed E-state index contributed by atoms with van der Waals surface area (Å²) in [6, 6.07) is 19.8. The summed E-state index contributed by atoms with van der Waals surface area (Å²) in [4.78, 5) is 4.18. The molecule has 0 bridgehead atoms. The smallest absolute Gasteiger partial charge is 0.241 e. The number of hydrogen-bond donors (Lipinski definition) is 1. The topological polar surface area (TPSA) is 55.1 Å². The van der Waals surface area contributed by atoms with Crippen molar-refractivity contribution in [3.8, 4) is 11.4 Å². The van der Waals surface area contributed by atoms with Crippen LogP contribution >= 0.6 is 0 Å². The number of hydrogen-bond acceptors (Lipinski definition) is 3. The van der Waals surface area contributed by atoms with Crippen LogP contribution in [0.3, 0.4) is 0 Å². The summed E-state index contributed by atoms with van der Waals surface area (Å²) in [6.45, 7) is 0. The van der Waals surface area contributed by atoms with Gasteiger partial charge >= 0.3 is 0 Å². The minimum atomic E-state index is 0. The number of phenols is 1. The Balaban J connectivity index is 0.000000152. The van der Waals surface area contributed by atoms with E-state index in [-0.39, 0.29) is 25.9 Å². The van der Waals surface area contributed by atoms with Crippen LogP contribution in [0.25, 0.3) is 27.8 Å². The van der Waals surface area contributed by atoms with Crippen molar-refractivity contribution in [1.29, 1.82) is 0 Å². The van der Waals surface area contributed by atoms with Crippen LogP contribution in [-0.2, 0) is 27.2 Å². The van der Waals surface area contributed by atoms with Gasteiger partial charge < -0.3 is 18.7 Å². The molecule has 0 amide bonds. The van der Waals surface area contributed by atoms with Crippen molar-refractivity contribution in [2.75, 3.05) is 0 Å². The number of aromatic nitrogens is 3. The zero-order valence-corrected chi connectivity index (χ0v) is 16.9. The molecule has 0 saturated carbocycles. The van der Waals surface area contributed by atoms with E-state index in [1.807, 2.05) is 71.0 Å². The van der Waals surface area contributed by atoms with Crippen LogP contribution in [0.2, 0.25) is 0 Å². The molecule has 5 aromatic rings. The Labute approximate surface area is 169 Å². The van der Waals surface area contributed by atoms with Gasteiger partial charge in [-0.3, -0.25) is 4.98 Å². The Morgan fingerprint density at radius 2 is 1.93 bits per heavy atom. The Morgan fingerprint density at radius 3 is 2.67 bits per heavy atom. The van der Waals surface area contributed by atoms with Crippen LogP contribution < -0.4 is 4.57 Å². The molecule has 137 valence electrons. The van der Waals surface area contributed by atoms with Crippen LogP contribution in [-0.4, -0.2) is 14.7 Å². The van der Waals surface area contributed by atoms with Gasteiger partial charge in [-0.1, -0.05) is 11.8 Å². The van der Waals surface area contributed by atoms with Gasteiger partial charge in [-0.15, -0.1) is 0 Å². The van der Waals surface area contributed by atoms with Gasteiger partial charge in [0.05, 0.1) is 12.4 Å². The third-order valence-corrected chi connectivity index (χ3v) is 3.89. The van der Waals surface area contributed by atoms with Crippen molar-refractivity contribution >= 4 is 22.1 Å². The van der Waals surface area contributed by atoms with Gasteiger partial charge in [0.15, 0.2) is 5.58 Å².